The molecule has 0 unspecified atom stereocenters. The molecule has 1 amide bonds. The number of benzene rings is 1. The van der Waals surface area contributed by atoms with E-state index in [0.29, 0.717) is 23.1 Å². The first-order chi connectivity index (χ1) is 9.67. The highest BCUT2D eigenvalue weighted by atomic mass is 16.5. The zero-order valence-corrected chi connectivity index (χ0v) is 12.5. The van der Waals surface area contributed by atoms with Crippen molar-refractivity contribution in [3.63, 3.8) is 0 Å². The predicted octanol–water partition coefficient (Wildman–Crippen LogP) is 3.11. The van der Waals surface area contributed by atoms with E-state index >= 15 is 0 Å². The first-order valence-corrected chi connectivity index (χ1v) is 7.16. The molecule has 0 atom stereocenters. The zero-order valence-electron chi connectivity index (χ0n) is 12.5. The Bertz CT molecular complexity index is 467. The number of methoxy groups -OCH3 is 2. The maximum absolute atomic E-state index is 12.6. The van der Waals surface area contributed by atoms with Crippen LogP contribution in [0.5, 0.6) is 11.5 Å². The highest BCUT2D eigenvalue weighted by Gasteiger charge is 2.25. The SMILES string of the molecule is COc1ccc(C(=O)N(C)C2CCCCC2)c(OC)c1. The van der Waals surface area contributed by atoms with Gasteiger partial charge in [0, 0.05) is 19.2 Å². The van der Waals surface area contributed by atoms with E-state index in [1.807, 2.05) is 11.9 Å². The predicted molar refractivity (Wildman–Crippen MR) is 78.5 cm³/mol. The number of hydrogen-bond donors (Lipinski definition) is 0. The summed E-state index contributed by atoms with van der Waals surface area (Å²) in [4.78, 5) is 14.5. The Kier molecular flexibility index (Phi) is 4.88. The van der Waals surface area contributed by atoms with Crippen LogP contribution in [0.15, 0.2) is 18.2 Å². The average Bonchev–Trinajstić information content (AvgIpc) is 2.53. The number of rotatable bonds is 4. The van der Waals surface area contributed by atoms with Crippen molar-refractivity contribution in [3.8, 4) is 11.5 Å². The standard InChI is InChI=1S/C16H23NO3/c1-17(12-7-5-4-6-8-12)16(18)14-10-9-13(19-2)11-15(14)20-3/h9-12H,4-8H2,1-3H3. The van der Waals surface area contributed by atoms with E-state index < -0.39 is 0 Å². The van der Waals surface area contributed by atoms with Gasteiger partial charge in [0.15, 0.2) is 0 Å². The molecule has 0 N–H and O–H groups in total. The molecule has 20 heavy (non-hydrogen) atoms. The maximum Gasteiger partial charge on any atom is 0.257 e. The third-order valence-corrected chi connectivity index (χ3v) is 4.08. The van der Waals surface area contributed by atoms with Crippen LogP contribution in [0.25, 0.3) is 0 Å². The molecule has 2 rings (SSSR count). The van der Waals surface area contributed by atoms with Gasteiger partial charge in [0.1, 0.15) is 11.5 Å². The molecule has 1 saturated carbocycles. The lowest BCUT2D eigenvalue weighted by molar-refractivity contribution is 0.0693. The van der Waals surface area contributed by atoms with Gasteiger partial charge in [-0.15, -0.1) is 0 Å². The molecule has 0 radical (unpaired) electrons. The fourth-order valence-corrected chi connectivity index (χ4v) is 2.80. The Morgan fingerprint density at radius 3 is 2.45 bits per heavy atom. The summed E-state index contributed by atoms with van der Waals surface area (Å²) in [6, 6.07) is 5.68. The third-order valence-electron chi connectivity index (χ3n) is 4.08. The lowest BCUT2D eigenvalue weighted by Gasteiger charge is -2.31. The molecule has 0 saturated heterocycles. The second kappa shape index (κ2) is 6.64. The van der Waals surface area contributed by atoms with E-state index in [4.69, 9.17) is 9.47 Å². The van der Waals surface area contributed by atoms with E-state index in [2.05, 4.69) is 0 Å². The van der Waals surface area contributed by atoms with Crippen LogP contribution < -0.4 is 9.47 Å². The third kappa shape index (κ3) is 3.06. The monoisotopic (exact) mass is 277 g/mol. The number of hydrogen-bond acceptors (Lipinski definition) is 3. The van der Waals surface area contributed by atoms with Crippen LogP contribution in [-0.2, 0) is 0 Å². The summed E-state index contributed by atoms with van der Waals surface area (Å²) in [5.41, 5.74) is 0.598. The van der Waals surface area contributed by atoms with Crippen LogP contribution in [0.2, 0.25) is 0 Å². The summed E-state index contributed by atoms with van der Waals surface area (Å²) in [6.07, 6.45) is 5.90. The van der Waals surface area contributed by atoms with Crippen molar-refractivity contribution in [2.75, 3.05) is 21.3 Å². The van der Waals surface area contributed by atoms with Crippen molar-refractivity contribution in [3.05, 3.63) is 23.8 Å². The first kappa shape index (κ1) is 14.7. The molecular formula is C16H23NO3. The molecule has 0 heterocycles. The van der Waals surface area contributed by atoms with E-state index in [9.17, 15) is 4.79 Å². The van der Waals surface area contributed by atoms with Crippen molar-refractivity contribution in [1.82, 2.24) is 4.90 Å². The molecule has 110 valence electrons. The van der Waals surface area contributed by atoms with Gasteiger partial charge >= 0.3 is 0 Å². The fourth-order valence-electron chi connectivity index (χ4n) is 2.80. The Balaban J connectivity index is 2.19. The molecule has 1 aromatic rings. The van der Waals surface area contributed by atoms with Gasteiger partial charge in [-0.3, -0.25) is 4.79 Å². The van der Waals surface area contributed by atoms with Gasteiger partial charge < -0.3 is 14.4 Å². The number of amides is 1. The van der Waals surface area contributed by atoms with Crippen LogP contribution in [0.1, 0.15) is 42.5 Å². The van der Waals surface area contributed by atoms with Crippen LogP contribution in [0.3, 0.4) is 0 Å². The normalized spacial score (nSPS) is 15.8. The van der Waals surface area contributed by atoms with E-state index in [1.165, 1.54) is 19.3 Å². The Hall–Kier alpha value is -1.71. The summed E-state index contributed by atoms with van der Waals surface area (Å²) in [5.74, 6) is 1.28. The van der Waals surface area contributed by atoms with Crippen molar-refractivity contribution in [1.29, 1.82) is 0 Å². The minimum Gasteiger partial charge on any atom is -0.497 e. The highest BCUT2D eigenvalue weighted by Crippen LogP contribution is 2.28. The van der Waals surface area contributed by atoms with Gasteiger partial charge in [-0.25, -0.2) is 0 Å². The summed E-state index contributed by atoms with van der Waals surface area (Å²) >= 11 is 0. The topological polar surface area (TPSA) is 38.8 Å². The van der Waals surface area contributed by atoms with E-state index in [1.54, 1.807) is 32.4 Å². The molecule has 4 nitrogen and oxygen atoms in total. The van der Waals surface area contributed by atoms with Crippen LogP contribution in [0.4, 0.5) is 0 Å². The Morgan fingerprint density at radius 2 is 1.85 bits per heavy atom. The van der Waals surface area contributed by atoms with Crippen LogP contribution in [0, 0.1) is 0 Å². The summed E-state index contributed by atoms with van der Waals surface area (Å²) in [7, 11) is 5.07. The lowest BCUT2D eigenvalue weighted by Crippen LogP contribution is -2.38. The van der Waals surface area contributed by atoms with Gasteiger partial charge in [0.05, 0.1) is 19.8 Å². The smallest absolute Gasteiger partial charge is 0.257 e. The zero-order chi connectivity index (χ0) is 14.5. The van der Waals surface area contributed by atoms with Gasteiger partial charge in [-0.05, 0) is 25.0 Å². The molecule has 1 fully saturated rings. The minimum atomic E-state index is 0.0244. The molecule has 1 aromatic carbocycles. The molecule has 1 aliphatic rings. The van der Waals surface area contributed by atoms with Gasteiger partial charge in [0.2, 0.25) is 0 Å². The van der Waals surface area contributed by atoms with E-state index in [-0.39, 0.29) is 5.91 Å². The summed E-state index contributed by atoms with van der Waals surface area (Å²) < 4.78 is 10.5. The summed E-state index contributed by atoms with van der Waals surface area (Å²) in [6.45, 7) is 0. The van der Waals surface area contributed by atoms with Crippen molar-refractivity contribution >= 4 is 5.91 Å². The van der Waals surface area contributed by atoms with Crippen molar-refractivity contribution in [2.24, 2.45) is 0 Å². The quantitative estimate of drug-likeness (QED) is 0.849. The second-order valence-electron chi connectivity index (χ2n) is 5.27. The largest absolute Gasteiger partial charge is 0.497 e. The first-order valence-electron chi connectivity index (χ1n) is 7.16. The summed E-state index contributed by atoms with van der Waals surface area (Å²) in [5, 5.41) is 0. The molecule has 0 bridgehead atoms. The average molecular weight is 277 g/mol. The molecule has 1 aliphatic carbocycles. The number of carbonyl (C=O) groups is 1. The maximum atomic E-state index is 12.6. The molecule has 0 aliphatic heterocycles. The number of carbonyl (C=O) groups excluding carboxylic acids is 1. The van der Waals surface area contributed by atoms with Gasteiger partial charge in [0.25, 0.3) is 5.91 Å². The van der Waals surface area contributed by atoms with Crippen molar-refractivity contribution in [2.45, 2.75) is 38.1 Å². The number of nitrogens with zero attached hydrogens (tertiary/aromatic N) is 1. The van der Waals surface area contributed by atoms with Crippen LogP contribution in [-0.4, -0.2) is 38.1 Å². The van der Waals surface area contributed by atoms with Gasteiger partial charge in [-0.2, -0.15) is 0 Å². The molecule has 0 spiro atoms. The second-order valence-corrected chi connectivity index (χ2v) is 5.27. The van der Waals surface area contributed by atoms with E-state index in [0.717, 1.165) is 12.8 Å². The Morgan fingerprint density at radius 1 is 1.15 bits per heavy atom. The lowest BCUT2D eigenvalue weighted by atomic mass is 9.94. The van der Waals surface area contributed by atoms with Crippen LogP contribution >= 0.6 is 0 Å². The Labute approximate surface area is 120 Å². The molecular weight excluding hydrogens is 254 g/mol. The number of ether oxygens (including phenoxy) is 2. The fraction of sp³-hybridized carbons (Fsp3) is 0.562. The molecule has 0 aromatic heterocycles. The molecule has 4 heteroatoms. The highest BCUT2D eigenvalue weighted by molar-refractivity contribution is 5.97. The van der Waals surface area contributed by atoms with Gasteiger partial charge in [-0.1, -0.05) is 19.3 Å². The van der Waals surface area contributed by atoms with Crippen molar-refractivity contribution < 1.29 is 14.3 Å². The minimum absolute atomic E-state index is 0.0244.